The van der Waals surface area contributed by atoms with Crippen molar-refractivity contribution in [1.82, 2.24) is 10.3 Å². The molecule has 0 atom stereocenters. The fraction of sp³-hybridized carbons (Fsp3) is 0.368. The zero-order chi connectivity index (χ0) is 17.5. The Balaban J connectivity index is 1.39. The number of methoxy groups -OCH3 is 1. The van der Waals surface area contributed by atoms with Gasteiger partial charge in [0.05, 0.1) is 19.0 Å². The summed E-state index contributed by atoms with van der Waals surface area (Å²) in [5.74, 6) is 1.28. The Labute approximate surface area is 148 Å². The Morgan fingerprint density at radius 3 is 2.64 bits per heavy atom. The monoisotopic (exact) mass is 340 g/mol. The van der Waals surface area contributed by atoms with E-state index in [9.17, 15) is 4.79 Å². The molecule has 2 heterocycles. The van der Waals surface area contributed by atoms with E-state index in [1.54, 1.807) is 13.3 Å². The summed E-state index contributed by atoms with van der Waals surface area (Å²) in [5.41, 5.74) is 1.93. The number of anilines is 2. The van der Waals surface area contributed by atoms with Crippen molar-refractivity contribution >= 4 is 17.4 Å². The van der Waals surface area contributed by atoms with Crippen LogP contribution in [-0.4, -0.2) is 37.8 Å². The molecule has 25 heavy (non-hydrogen) atoms. The molecule has 1 fully saturated rings. The molecule has 0 aliphatic carbocycles. The summed E-state index contributed by atoms with van der Waals surface area (Å²) in [6, 6.07) is 11.2. The van der Waals surface area contributed by atoms with Crippen LogP contribution in [-0.2, 0) is 0 Å². The zero-order valence-electron chi connectivity index (χ0n) is 14.4. The molecular weight excluding hydrogens is 316 g/mol. The Morgan fingerprint density at radius 1 is 1.24 bits per heavy atom. The number of benzene rings is 1. The molecule has 1 aliphatic heterocycles. The van der Waals surface area contributed by atoms with Crippen LogP contribution in [0.2, 0.25) is 0 Å². The molecular formula is C19H24N4O2. The van der Waals surface area contributed by atoms with E-state index >= 15 is 0 Å². The number of carbonyl (C=O) groups excluding carboxylic acids is 1. The van der Waals surface area contributed by atoms with E-state index < -0.39 is 0 Å². The summed E-state index contributed by atoms with van der Waals surface area (Å²) in [6.45, 7) is 2.69. The third kappa shape index (κ3) is 4.86. The van der Waals surface area contributed by atoms with Gasteiger partial charge in [-0.3, -0.25) is 4.98 Å². The van der Waals surface area contributed by atoms with Crippen LogP contribution in [0.5, 0.6) is 5.75 Å². The molecule has 132 valence electrons. The van der Waals surface area contributed by atoms with Crippen molar-refractivity contribution in [3.8, 4) is 5.75 Å². The quantitative estimate of drug-likeness (QED) is 0.878. The van der Waals surface area contributed by atoms with E-state index in [1.165, 1.54) is 5.69 Å². The van der Waals surface area contributed by atoms with Gasteiger partial charge in [0.1, 0.15) is 5.75 Å². The first-order chi connectivity index (χ1) is 12.2. The minimum Gasteiger partial charge on any atom is -0.497 e. The minimum absolute atomic E-state index is 0.167. The Morgan fingerprint density at radius 2 is 2.00 bits per heavy atom. The van der Waals surface area contributed by atoms with E-state index in [2.05, 4.69) is 26.6 Å². The zero-order valence-corrected chi connectivity index (χ0v) is 14.4. The highest BCUT2D eigenvalue weighted by molar-refractivity contribution is 5.89. The highest BCUT2D eigenvalue weighted by Gasteiger charge is 2.20. The van der Waals surface area contributed by atoms with Gasteiger partial charge in [0.15, 0.2) is 0 Å². The average Bonchev–Trinajstić information content (AvgIpc) is 2.68. The van der Waals surface area contributed by atoms with Gasteiger partial charge in [-0.05, 0) is 55.2 Å². The van der Waals surface area contributed by atoms with Crippen molar-refractivity contribution in [1.29, 1.82) is 0 Å². The lowest BCUT2D eigenvalue weighted by Gasteiger charge is -2.33. The molecule has 1 saturated heterocycles. The fourth-order valence-electron chi connectivity index (χ4n) is 3.02. The van der Waals surface area contributed by atoms with Crippen LogP contribution in [0.15, 0.2) is 48.8 Å². The van der Waals surface area contributed by atoms with Crippen LogP contribution in [0, 0.1) is 5.92 Å². The van der Waals surface area contributed by atoms with Gasteiger partial charge in [-0.15, -0.1) is 0 Å². The van der Waals surface area contributed by atoms with Gasteiger partial charge in [0.25, 0.3) is 0 Å². The standard InChI is InChI=1S/C19H24N4O2/c1-25-18-6-4-16(5-7-18)22-19(24)21-13-15-8-11-23(12-9-15)17-3-2-10-20-14-17/h2-7,10,14-15H,8-9,11-13H2,1H3,(H2,21,22,24). The van der Waals surface area contributed by atoms with Crippen molar-refractivity contribution < 1.29 is 9.53 Å². The van der Waals surface area contributed by atoms with Crippen LogP contribution < -0.4 is 20.3 Å². The summed E-state index contributed by atoms with van der Waals surface area (Å²) in [6.07, 6.45) is 5.83. The molecule has 0 bridgehead atoms. The number of urea groups is 1. The van der Waals surface area contributed by atoms with Crippen LogP contribution in [0.4, 0.5) is 16.2 Å². The lowest BCUT2D eigenvalue weighted by molar-refractivity contribution is 0.248. The van der Waals surface area contributed by atoms with Gasteiger partial charge >= 0.3 is 6.03 Å². The van der Waals surface area contributed by atoms with Gasteiger partial charge in [-0.1, -0.05) is 0 Å². The molecule has 0 spiro atoms. The van der Waals surface area contributed by atoms with Crippen LogP contribution in [0.3, 0.4) is 0 Å². The van der Waals surface area contributed by atoms with Gasteiger partial charge in [0, 0.05) is 31.5 Å². The molecule has 0 radical (unpaired) electrons. The number of pyridine rings is 1. The number of aromatic nitrogens is 1. The second kappa shape index (κ2) is 8.37. The topological polar surface area (TPSA) is 66.5 Å². The maximum Gasteiger partial charge on any atom is 0.319 e. The Bertz CT molecular complexity index is 668. The Kier molecular flexibility index (Phi) is 5.72. The third-order valence-electron chi connectivity index (χ3n) is 4.52. The summed E-state index contributed by atoms with van der Waals surface area (Å²) in [4.78, 5) is 18.5. The number of nitrogens with one attached hydrogen (secondary N) is 2. The van der Waals surface area contributed by atoms with E-state index in [1.807, 2.05) is 36.5 Å². The van der Waals surface area contributed by atoms with E-state index in [0.29, 0.717) is 12.5 Å². The highest BCUT2D eigenvalue weighted by atomic mass is 16.5. The number of hydrogen-bond acceptors (Lipinski definition) is 4. The SMILES string of the molecule is COc1ccc(NC(=O)NCC2CCN(c3cccnc3)CC2)cc1. The summed E-state index contributed by atoms with van der Waals surface area (Å²) < 4.78 is 5.11. The molecule has 6 nitrogen and oxygen atoms in total. The predicted molar refractivity (Wildman–Crippen MR) is 99.2 cm³/mol. The molecule has 2 amide bonds. The van der Waals surface area contributed by atoms with Gasteiger partial charge in [-0.2, -0.15) is 0 Å². The fourth-order valence-corrected chi connectivity index (χ4v) is 3.02. The lowest BCUT2D eigenvalue weighted by atomic mass is 9.96. The van der Waals surface area contributed by atoms with Crippen molar-refractivity contribution in [3.05, 3.63) is 48.8 Å². The predicted octanol–water partition coefficient (Wildman–Crippen LogP) is 3.13. The van der Waals surface area contributed by atoms with Gasteiger partial charge in [-0.25, -0.2) is 4.79 Å². The normalized spacial score (nSPS) is 14.8. The summed E-state index contributed by atoms with van der Waals surface area (Å²) in [7, 11) is 1.62. The van der Waals surface area contributed by atoms with Crippen molar-refractivity contribution in [3.63, 3.8) is 0 Å². The highest BCUT2D eigenvalue weighted by Crippen LogP contribution is 2.22. The molecule has 2 aromatic rings. The average molecular weight is 340 g/mol. The lowest BCUT2D eigenvalue weighted by Crippen LogP contribution is -2.39. The second-order valence-electron chi connectivity index (χ2n) is 6.21. The molecule has 1 aromatic carbocycles. The number of piperidine rings is 1. The molecule has 2 N–H and O–H groups in total. The van der Waals surface area contributed by atoms with Crippen LogP contribution in [0.1, 0.15) is 12.8 Å². The number of nitrogens with zero attached hydrogens (tertiary/aromatic N) is 2. The number of amides is 2. The maximum absolute atomic E-state index is 12.0. The number of carbonyl (C=O) groups is 1. The minimum atomic E-state index is -0.167. The first-order valence-corrected chi connectivity index (χ1v) is 8.58. The molecule has 6 heteroatoms. The summed E-state index contributed by atoms with van der Waals surface area (Å²) >= 11 is 0. The van der Waals surface area contributed by atoms with E-state index in [0.717, 1.165) is 37.4 Å². The van der Waals surface area contributed by atoms with Gasteiger partial charge in [0.2, 0.25) is 0 Å². The molecule has 0 unspecified atom stereocenters. The van der Waals surface area contributed by atoms with Crippen molar-refractivity contribution in [2.75, 3.05) is 37.0 Å². The van der Waals surface area contributed by atoms with Crippen molar-refractivity contribution in [2.24, 2.45) is 5.92 Å². The van der Waals surface area contributed by atoms with E-state index in [4.69, 9.17) is 4.74 Å². The third-order valence-corrected chi connectivity index (χ3v) is 4.52. The van der Waals surface area contributed by atoms with Crippen LogP contribution in [0.25, 0.3) is 0 Å². The first-order valence-electron chi connectivity index (χ1n) is 8.58. The Hall–Kier alpha value is -2.76. The largest absolute Gasteiger partial charge is 0.497 e. The van der Waals surface area contributed by atoms with E-state index in [-0.39, 0.29) is 6.03 Å². The summed E-state index contributed by atoms with van der Waals surface area (Å²) in [5, 5.41) is 5.82. The van der Waals surface area contributed by atoms with Gasteiger partial charge < -0.3 is 20.3 Å². The molecule has 3 rings (SSSR count). The number of rotatable bonds is 5. The maximum atomic E-state index is 12.0. The molecule has 0 saturated carbocycles. The van der Waals surface area contributed by atoms with Crippen molar-refractivity contribution in [2.45, 2.75) is 12.8 Å². The molecule has 1 aromatic heterocycles. The number of hydrogen-bond donors (Lipinski definition) is 2. The smallest absolute Gasteiger partial charge is 0.319 e. The molecule has 1 aliphatic rings. The second-order valence-corrected chi connectivity index (χ2v) is 6.21. The first kappa shape index (κ1) is 17.1. The van der Waals surface area contributed by atoms with Crippen LogP contribution >= 0.6 is 0 Å². The number of ether oxygens (including phenoxy) is 1.